The molecule has 2 atom stereocenters. The lowest BCUT2D eigenvalue weighted by Crippen LogP contribution is -2.52. The minimum Gasteiger partial charge on any atom is -0.448 e. The molecule has 0 spiro atoms. The van der Waals surface area contributed by atoms with Gasteiger partial charge in [-0.2, -0.15) is 0 Å². The van der Waals surface area contributed by atoms with Crippen molar-refractivity contribution in [2.75, 3.05) is 6.61 Å². The Morgan fingerprint density at radius 2 is 1.26 bits per heavy atom. The van der Waals surface area contributed by atoms with Gasteiger partial charge in [-0.1, -0.05) is 103 Å². The van der Waals surface area contributed by atoms with Gasteiger partial charge in [0.2, 0.25) is 0 Å². The SMILES string of the molecule is O=C(OCC1c2ccccc2-c2ccccc21)N1C2CCC1CC(O)(c1ccccc1-c1ccccc1)C2. The second-order valence-corrected chi connectivity index (χ2v) is 10.9. The molecule has 0 radical (unpaired) electrons. The van der Waals surface area contributed by atoms with E-state index >= 15 is 0 Å². The van der Waals surface area contributed by atoms with Crippen LogP contribution in [0.25, 0.3) is 22.3 Å². The summed E-state index contributed by atoms with van der Waals surface area (Å²) >= 11 is 0. The van der Waals surface area contributed by atoms with Crippen molar-refractivity contribution in [3.8, 4) is 22.3 Å². The molecule has 2 saturated heterocycles. The monoisotopic (exact) mass is 501 g/mol. The van der Waals surface area contributed by atoms with Crippen LogP contribution in [0.2, 0.25) is 0 Å². The Morgan fingerprint density at radius 1 is 0.737 bits per heavy atom. The normalized spacial score (nSPS) is 23.7. The van der Waals surface area contributed by atoms with E-state index in [1.807, 2.05) is 41.3 Å². The molecule has 0 saturated carbocycles. The van der Waals surface area contributed by atoms with Crippen LogP contribution in [-0.2, 0) is 10.3 Å². The Bertz CT molecular complexity index is 1440. The third kappa shape index (κ3) is 3.74. The molecule has 7 rings (SSSR count). The highest BCUT2D eigenvalue weighted by atomic mass is 16.6. The van der Waals surface area contributed by atoms with Crippen LogP contribution in [0.15, 0.2) is 103 Å². The van der Waals surface area contributed by atoms with Crippen molar-refractivity contribution in [3.05, 3.63) is 120 Å². The topological polar surface area (TPSA) is 49.8 Å². The van der Waals surface area contributed by atoms with Crippen LogP contribution in [0.4, 0.5) is 4.79 Å². The fraction of sp³-hybridized carbons (Fsp3) is 0.265. The molecule has 190 valence electrons. The highest BCUT2D eigenvalue weighted by molar-refractivity contribution is 5.79. The summed E-state index contributed by atoms with van der Waals surface area (Å²) in [5.74, 6) is 0.0449. The molecule has 2 unspecified atom stereocenters. The average molecular weight is 502 g/mol. The Kier molecular flexibility index (Phi) is 5.59. The number of rotatable bonds is 4. The van der Waals surface area contributed by atoms with E-state index in [1.54, 1.807) is 0 Å². The first-order valence-corrected chi connectivity index (χ1v) is 13.6. The summed E-state index contributed by atoms with van der Waals surface area (Å²) in [5, 5.41) is 12.0. The summed E-state index contributed by atoms with van der Waals surface area (Å²) in [6, 6.07) is 35.1. The predicted octanol–water partition coefficient (Wildman–Crippen LogP) is 7.12. The van der Waals surface area contributed by atoms with E-state index in [2.05, 4.69) is 66.7 Å². The molecule has 1 aliphatic carbocycles. The Balaban J connectivity index is 1.10. The summed E-state index contributed by atoms with van der Waals surface area (Å²) in [6.45, 7) is 0.323. The molecule has 2 bridgehead atoms. The number of hydrogen-bond donors (Lipinski definition) is 1. The maximum atomic E-state index is 13.5. The third-order valence-electron chi connectivity index (χ3n) is 8.83. The van der Waals surface area contributed by atoms with Gasteiger partial charge in [-0.25, -0.2) is 4.79 Å². The standard InChI is InChI=1S/C34H31NO3/c36-33(38-22-31-29-15-6-4-13-27(29)28-14-5-7-16-30(28)31)35-24-18-19-25(35)21-34(37,20-24)32-17-9-8-12-26(32)23-10-2-1-3-11-23/h1-17,24-25,31,37H,18-22H2. The van der Waals surface area contributed by atoms with Gasteiger partial charge in [0.15, 0.2) is 0 Å². The van der Waals surface area contributed by atoms with Crippen LogP contribution in [-0.4, -0.2) is 34.8 Å². The molecule has 0 aromatic heterocycles. The number of carbonyl (C=O) groups is 1. The lowest BCUT2D eigenvalue weighted by molar-refractivity contribution is -0.0527. The Hall–Kier alpha value is -3.89. The molecule has 4 aromatic carbocycles. The second-order valence-electron chi connectivity index (χ2n) is 10.9. The molecule has 38 heavy (non-hydrogen) atoms. The molecule has 4 aromatic rings. The predicted molar refractivity (Wildman–Crippen MR) is 149 cm³/mol. The number of ether oxygens (including phenoxy) is 1. The average Bonchev–Trinajstić information content (AvgIpc) is 3.44. The van der Waals surface area contributed by atoms with Crippen LogP contribution in [0.1, 0.15) is 48.3 Å². The molecule has 1 amide bonds. The fourth-order valence-corrected chi connectivity index (χ4v) is 7.17. The van der Waals surface area contributed by atoms with Gasteiger partial charge in [0, 0.05) is 30.8 Å². The van der Waals surface area contributed by atoms with Gasteiger partial charge in [-0.3, -0.25) is 0 Å². The zero-order valence-electron chi connectivity index (χ0n) is 21.3. The van der Waals surface area contributed by atoms with Gasteiger partial charge < -0.3 is 14.7 Å². The molecular formula is C34H31NO3. The molecule has 2 aliphatic heterocycles. The molecule has 4 nitrogen and oxygen atoms in total. The highest BCUT2D eigenvalue weighted by Gasteiger charge is 2.51. The molecule has 2 fully saturated rings. The number of nitrogens with zero attached hydrogens (tertiary/aromatic N) is 1. The first-order valence-electron chi connectivity index (χ1n) is 13.6. The minimum atomic E-state index is -0.974. The Labute approximate surface area is 223 Å². The Morgan fingerprint density at radius 3 is 1.89 bits per heavy atom. The van der Waals surface area contributed by atoms with Crippen molar-refractivity contribution in [1.82, 2.24) is 4.90 Å². The molecule has 1 N–H and O–H groups in total. The number of carbonyl (C=O) groups excluding carboxylic acids is 1. The van der Waals surface area contributed by atoms with E-state index in [4.69, 9.17) is 4.74 Å². The summed E-state index contributed by atoms with van der Waals surface area (Å²) in [5.41, 5.74) is 7.03. The van der Waals surface area contributed by atoms with Crippen LogP contribution in [0.3, 0.4) is 0 Å². The summed E-state index contributed by atoms with van der Waals surface area (Å²) in [6.07, 6.45) is 2.59. The maximum Gasteiger partial charge on any atom is 0.410 e. The largest absolute Gasteiger partial charge is 0.448 e. The van der Waals surface area contributed by atoms with E-state index in [0.29, 0.717) is 19.4 Å². The van der Waals surface area contributed by atoms with Crippen molar-refractivity contribution in [2.24, 2.45) is 0 Å². The number of amides is 1. The lowest BCUT2D eigenvalue weighted by atomic mass is 9.77. The lowest BCUT2D eigenvalue weighted by Gasteiger charge is -2.44. The van der Waals surface area contributed by atoms with Crippen molar-refractivity contribution in [2.45, 2.75) is 49.3 Å². The molecule has 2 heterocycles. The van der Waals surface area contributed by atoms with Gasteiger partial charge in [-0.05, 0) is 51.8 Å². The van der Waals surface area contributed by atoms with Gasteiger partial charge in [0.1, 0.15) is 6.61 Å². The van der Waals surface area contributed by atoms with Crippen LogP contribution < -0.4 is 0 Å². The van der Waals surface area contributed by atoms with Crippen LogP contribution >= 0.6 is 0 Å². The van der Waals surface area contributed by atoms with Crippen molar-refractivity contribution >= 4 is 6.09 Å². The van der Waals surface area contributed by atoms with E-state index in [-0.39, 0.29) is 24.1 Å². The number of piperidine rings is 1. The number of fused-ring (bicyclic) bond motifs is 5. The first-order chi connectivity index (χ1) is 18.6. The summed E-state index contributed by atoms with van der Waals surface area (Å²) < 4.78 is 6.03. The fourth-order valence-electron chi connectivity index (χ4n) is 7.17. The zero-order chi connectivity index (χ0) is 25.7. The zero-order valence-corrected chi connectivity index (χ0v) is 21.3. The maximum absolute atomic E-state index is 13.5. The van der Waals surface area contributed by atoms with E-state index in [1.165, 1.54) is 22.3 Å². The van der Waals surface area contributed by atoms with Gasteiger partial charge in [0.05, 0.1) is 5.60 Å². The number of benzene rings is 4. The highest BCUT2D eigenvalue weighted by Crippen LogP contribution is 2.49. The third-order valence-corrected chi connectivity index (χ3v) is 8.83. The van der Waals surface area contributed by atoms with Crippen LogP contribution in [0, 0.1) is 0 Å². The van der Waals surface area contributed by atoms with Gasteiger partial charge in [-0.15, -0.1) is 0 Å². The van der Waals surface area contributed by atoms with Crippen molar-refractivity contribution in [1.29, 1.82) is 0 Å². The van der Waals surface area contributed by atoms with E-state index in [9.17, 15) is 9.90 Å². The first kappa shape index (κ1) is 23.2. The van der Waals surface area contributed by atoms with Crippen LogP contribution in [0.5, 0.6) is 0 Å². The minimum absolute atomic E-state index is 0.0294. The van der Waals surface area contributed by atoms with Crippen molar-refractivity contribution in [3.63, 3.8) is 0 Å². The van der Waals surface area contributed by atoms with Gasteiger partial charge in [0.25, 0.3) is 0 Å². The van der Waals surface area contributed by atoms with E-state index < -0.39 is 5.60 Å². The summed E-state index contributed by atoms with van der Waals surface area (Å²) in [4.78, 5) is 15.4. The second kappa shape index (κ2) is 9.14. The number of hydrogen-bond acceptors (Lipinski definition) is 3. The van der Waals surface area contributed by atoms with Crippen molar-refractivity contribution < 1.29 is 14.6 Å². The number of aliphatic hydroxyl groups is 1. The molecule has 3 aliphatic rings. The molecular weight excluding hydrogens is 470 g/mol. The van der Waals surface area contributed by atoms with Gasteiger partial charge >= 0.3 is 6.09 Å². The quantitative estimate of drug-likeness (QED) is 0.324. The van der Waals surface area contributed by atoms with E-state index in [0.717, 1.165) is 29.5 Å². The molecule has 4 heteroatoms. The smallest absolute Gasteiger partial charge is 0.410 e. The summed E-state index contributed by atoms with van der Waals surface area (Å²) in [7, 11) is 0.